The van der Waals surface area contributed by atoms with E-state index >= 15 is 0 Å². The molecule has 0 amide bonds. The lowest BCUT2D eigenvalue weighted by Gasteiger charge is -2.38. The fraction of sp³-hybridized carbons (Fsp3) is 0.350. The van der Waals surface area contributed by atoms with Gasteiger partial charge in [0.1, 0.15) is 12.0 Å². The van der Waals surface area contributed by atoms with Crippen molar-refractivity contribution in [3.8, 4) is 0 Å². The predicted molar refractivity (Wildman–Crippen MR) is 110 cm³/mol. The zero-order valence-corrected chi connectivity index (χ0v) is 16.2. The van der Waals surface area contributed by atoms with Gasteiger partial charge in [-0.3, -0.25) is 15.4 Å². The Morgan fingerprint density at radius 1 is 1.31 bits per heavy atom. The molecule has 2 aliphatic rings. The van der Waals surface area contributed by atoms with E-state index in [2.05, 4.69) is 43.0 Å². The van der Waals surface area contributed by atoms with Gasteiger partial charge in [0, 0.05) is 35.8 Å². The molecule has 0 saturated heterocycles. The SMILES string of the molecule is CNC1([C@@H](C)c2ccc3[nH]ccc3n2)N=CC=C(Nc2cc([C@@H]3C[C@H]3F)[nH]n2)N1. The van der Waals surface area contributed by atoms with E-state index in [9.17, 15) is 4.39 Å². The van der Waals surface area contributed by atoms with Gasteiger partial charge in [-0.15, -0.1) is 0 Å². The van der Waals surface area contributed by atoms with Gasteiger partial charge < -0.3 is 15.6 Å². The Morgan fingerprint density at radius 3 is 2.97 bits per heavy atom. The minimum absolute atomic E-state index is 0.0567. The molecule has 5 N–H and O–H groups in total. The summed E-state index contributed by atoms with van der Waals surface area (Å²) in [6, 6.07) is 7.85. The van der Waals surface area contributed by atoms with E-state index in [0.717, 1.165) is 28.2 Å². The summed E-state index contributed by atoms with van der Waals surface area (Å²) in [5.74, 6) is 0.487. The summed E-state index contributed by atoms with van der Waals surface area (Å²) in [5, 5.41) is 17.1. The van der Waals surface area contributed by atoms with E-state index in [0.29, 0.717) is 12.2 Å². The summed E-state index contributed by atoms with van der Waals surface area (Å²) in [7, 11) is 1.86. The van der Waals surface area contributed by atoms with E-state index in [1.165, 1.54) is 0 Å². The van der Waals surface area contributed by atoms with Gasteiger partial charge in [-0.25, -0.2) is 9.38 Å². The van der Waals surface area contributed by atoms with Crippen molar-refractivity contribution in [1.82, 2.24) is 30.8 Å². The maximum absolute atomic E-state index is 13.3. The Hall–Kier alpha value is -3.20. The van der Waals surface area contributed by atoms with Gasteiger partial charge in [0.15, 0.2) is 11.6 Å². The Morgan fingerprint density at radius 2 is 2.17 bits per heavy atom. The Labute approximate surface area is 167 Å². The Bertz CT molecular complexity index is 1100. The van der Waals surface area contributed by atoms with Gasteiger partial charge in [0.25, 0.3) is 0 Å². The highest BCUT2D eigenvalue weighted by molar-refractivity contribution is 5.76. The van der Waals surface area contributed by atoms with Crippen LogP contribution < -0.4 is 16.0 Å². The second-order valence-electron chi connectivity index (χ2n) is 7.56. The largest absolute Gasteiger partial charge is 0.360 e. The van der Waals surface area contributed by atoms with Gasteiger partial charge in [0.2, 0.25) is 0 Å². The van der Waals surface area contributed by atoms with Crippen molar-refractivity contribution in [1.29, 1.82) is 0 Å². The number of fused-ring (bicyclic) bond motifs is 1. The van der Waals surface area contributed by atoms with Crippen molar-refractivity contribution in [3.63, 3.8) is 0 Å². The fourth-order valence-corrected chi connectivity index (χ4v) is 3.76. The fourth-order valence-electron chi connectivity index (χ4n) is 3.76. The molecule has 0 bridgehead atoms. The Balaban J connectivity index is 1.35. The molecule has 1 aliphatic carbocycles. The number of aromatic amines is 2. The number of H-pyrrole nitrogens is 2. The zero-order chi connectivity index (χ0) is 20.0. The predicted octanol–water partition coefficient (Wildman–Crippen LogP) is 2.72. The third-order valence-corrected chi connectivity index (χ3v) is 5.69. The smallest absolute Gasteiger partial charge is 0.193 e. The molecule has 9 heteroatoms. The molecule has 3 aromatic rings. The van der Waals surface area contributed by atoms with Crippen molar-refractivity contribution in [3.05, 3.63) is 53.7 Å². The number of hydrogen-bond donors (Lipinski definition) is 5. The molecular weight excluding hydrogens is 371 g/mol. The molecule has 0 radical (unpaired) electrons. The molecule has 4 heterocycles. The van der Waals surface area contributed by atoms with E-state index < -0.39 is 12.0 Å². The molecule has 0 aromatic carbocycles. The first-order valence-corrected chi connectivity index (χ1v) is 9.71. The molecule has 29 heavy (non-hydrogen) atoms. The number of aliphatic imine (C=N–C) groups is 1. The number of halogens is 1. The molecule has 0 spiro atoms. The number of rotatable bonds is 6. The number of aromatic nitrogens is 4. The minimum Gasteiger partial charge on any atom is -0.360 e. The lowest BCUT2D eigenvalue weighted by Crippen LogP contribution is -2.59. The van der Waals surface area contributed by atoms with Crippen LogP contribution in [0.4, 0.5) is 10.2 Å². The summed E-state index contributed by atoms with van der Waals surface area (Å²) < 4.78 is 13.3. The lowest BCUT2D eigenvalue weighted by molar-refractivity contribution is 0.260. The molecule has 1 unspecified atom stereocenters. The van der Waals surface area contributed by atoms with Gasteiger partial charge >= 0.3 is 0 Å². The van der Waals surface area contributed by atoms with Gasteiger partial charge in [-0.05, 0) is 37.7 Å². The average Bonchev–Trinajstić information content (AvgIpc) is 3.12. The summed E-state index contributed by atoms with van der Waals surface area (Å²) >= 11 is 0. The van der Waals surface area contributed by atoms with Crippen LogP contribution in [0.1, 0.15) is 36.6 Å². The standard InChI is InChI=1S/C20H23FN8/c1-11(14-3-4-15-16(25-14)5-7-23-15)20(22-2)24-8-6-18(27-20)26-19-10-17(28-29-19)12-9-13(12)21/h3-8,10-13,22-23,27H,9H2,1-2H3,(H2,26,28,29)/t11-,12+,13+,20?/m0/s1. The Kier molecular flexibility index (Phi) is 4.13. The third kappa shape index (κ3) is 3.17. The highest BCUT2D eigenvalue weighted by atomic mass is 19.1. The topological polar surface area (TPSA) is 106 Å². The molecule has 5 rings (SSSR count). The van der Waals surface area contributed by atoms with Crippen molar-refractivity contribution in [2.24, 2.45) is 4.99 Å². The number of anilines is 1. The number of pyridine rings is 1. The molecule has 8 nitrogen and oxygen atoms in total. The van der Waals surface area contributed by atoms with Crippen molar-refractivity contribution in [2.75, 3.05) is 12.4 Å². The summed E-state index contributed by atoms with van der Waals surface area (Å²) in [6.07, 6.45) is 5.28. The van der Waals surface area contributed by atoms with Crippen LogP contribution in [-0.4, -0.2) is 45.4 Å². The maximum atomic E-state index is 13.3. The first kappa shape index (κ1) is 17.9. The van der Waals surface area contributed by atoms with Gasteiger partial charge in [-0.1, -0.05) is 6.92 Å². The van der Waals surface area contributed by atoms with E-state index in [1.807, 2.05) is 43.6 Å². The summed E-state index contributed by atoms with van der Waals surface area (Å²) in [4.78, 5) is 12.6. The van der Waals surface area contributed by atoms with Crippen LogP contribution in [0, 0.1) is 0 Å². The molecular formula is C20H23FN8. The quantitative estimate of drug-likeness (QED) is 0.442. The van der Waals surface area contributed by atoms with E-state index in [4.69, 9.17) is 4.98 Å². The highest BCUT2D eigenvalue weighted by Gasteiger charge is 2.40. The van der Waals surface area contributed by atoms with Crippen LogP contribution in [0.15, 0.2) is 47.4 Å². The van der Waals surface area contributed by atoms with E-state index in [1.54, 1.807) is 6.21 Å². The van der Waals surface area contributed by atoms with Crippen molar-refractivity contribution < 1.29 is 4.39 Å². The van der Waals surface area contributed by atoms with Gasteiger partial charge in [-0.2, -0.15) is 5.10 Å². The minimum atomic E-state index is -0.770. The second-order valence-corrected chi connectivity index (χ2v) is 7.56. The molecule has 1 aliphatic heterocycles. The van der Waals surface area contributed by atoms with Gasteiger partial charge in [0.05, 0.1) is 17.0 Å². The van der Waals surface area contributed by atoms with Crippen LogP contribution in [-0.2, 0) is 0 Å². The third-order valence-electron chi connectivity index (χ3n) is 5.69. The van der Waals surface area contributed by atoms with Crippen molar-refractivity contribution >= 4 is 23.1 Å². The van der Waals surface area contributed by atoms with Crippen LogP contribution in [0.25, 0.3) is 11.0 Å². The number of alkyl halides is 1. The molecule has 1 saturated carbocycles. The highest BCUT2D eigenvalue weighted by Crippen LogP contribution is 2.43. The monoisotopic (exact) mass is 394 g/mol. The molecule has 4 atom stereocenters. The number of nitrogens with zero attached hydrogens (tertiary/aromatic N) is 3. The van der Waals surface area contributed by atoms with Crippen molar-refractivity contribution in [2.45, 2.75) is 37.1 Å². The molecule has 3 aromatic heterocycles. The first-order valence-electron chi connectivity index (χ1n) is 9.71. The first-order chi connectivity index (χ1) is 14.1. The normalized spacial score (nSPS) is 26.8. The molecule has 1 fully saturated rings. The number of nitrogens with one attached hydrogen (secondary N) is 5. The summed E-state index contributed by atoms with van der Waals surface area (Å²) in [5.41, 5.74) is 3.66. The van der Waals surface area contributed by atoms with Crippen LogP contribution in [0.5, 0.6) is 0 Å². The van der Waals surface area contributed by atoms with Crippen LogP contribution in [0.3, 0.4) is 0 Å². The van der Waals surface area contributed by atoms with Crippen LogP contribution in [0.2, 0.25) is 0 Å². The second kappa shape index (κ2) is 6.70. The number of hydrogen-bond acceptors (Lipinski definition) is 6. The summed E-state index contributed by atoms with van der Waals surface area (Å²) in [6.45, 7) is 2.08. The number of likely N-dealkylation sites (N-methyl/N-ethyl adjacent to an activating group) is 1. The maximum Gasteiger partial charge on any atom is 0.193 e. The lowest BCUT2D eigenvalue weighted by atomic mass is 9.97. The van der Waals surface area contributed by atoms with Crippen LogP contribution >= 0.6 is 0 Å². The average molecular weight is 394 g/mol. The van der Waals surface area contributed by atoms with E-state index in [-0.39, 0.29) is 11.8 Å². The molecule has 150 valence electrons. The number of allylic oxidation sites excluding steroid dienone is 1. The zero-order valence-electron chi connectivity index (χ0n) is 16.2.